The van der Waals surface area contributed by atoms with Crippen molar-refractivity contribution in [3.05, 3.63) is 29.3 Å². The molecule has 3 nitrogen and oxygen atoms in total. The number of benzene rings is 1. The van der Waals surface area contributed by atoms with Crippen LogP contribution in [0.4, 0.5) is 0 Å². The Morgan fingerprint density at radius 3 is 2.83 bits per heavy atom. The van der Waals surface area contributed by atoms with Crippen LogP contribution in [0.2, 0.25) is 5.02 Å². The summed E-state index contributed by atoms with van der Waals surface area (Å²) in [6, 6.07) is 6.37. The van der Waals surface area contributed by atoms with Gasteiger partial charge in [-0.1, -0.05) is 40.0 Å². The Morgan fingerprint density at radius 1 is 1.39 bits per heavy atom. The van der Waals surface area contributed by atoms with E-state index in [1.165, 1.54) is 6.07 Å². The van der Waals surface area contributed by atoms with E-state index >= 15 is 0 Å². The van der Waals surface area contributed by atoms with E-state index < -0.39 is 10.0 Å². The Kier molecular flexibility index (Phi) is 4.69. The summed E-state index contributed by atoms with van der Waals surface area (Å²) < 4.78 is 27.2. The molecular formula is C12H15BrClNO2S. The van der Waals surface area contributed by atoms with Crippen molar-refractivity contribution in [2.45, 2.75) is 30.2 Å². The molecule has 0 heterocycles. The van der Waals surface area contributed by atoms with Crippen LogP contribution in [-0.4, -0.2) is 19.8 Å². The first kappa shape index (κ1) is 14.3. The van der Waals surface area contributed by atoms with Gasteiger partial charge in [-0.15, -0.1) is 0 Å². The van der Waals surface area contributed by atoms with Gasteiger partial charge in [-0.3, -0.25) is 0 Å². The van der Waals surface area contributed by atoms with Crippen LogP contribution < -0.4 is 4.72 Å². The van der Waals surface area contributed by atoms with Crippen LogP contribution in [0.15, 0.2) is 29.2 Å². The predicted octanol–water partition coefficient (Wildman–Crippen LogP) is 3.18. The minimum absolute atomic E-state index is 0.0216. The van der Waals surface area contributed by atoms with Crippen molar-refractivity contribution in [1.29, 1.82) is 0 Å². The molecule has 0 aromatic heterocycles. The first-order chi connectivity index (χ1) is 8.53. The largest absolute Gasteiger partial charge is 0.240 e. The quantitative estimate of drug-likeness (QED) is 0.846. The van der Waals surface area contributed by atoms with Crippen molar-refractivity contribution in [2.75, 3.05) is 5.33 Å². The summed E-state index contributed by atoms with van der Waals surface area (Å²) in [6.07, 6.45) is 3.03. The van der Waals surface area contributed by atoms with Crippen molar-refractivity contribution >= 4 is 37.6 Å². The molecule has 1 aliphatic rings. The molecule has 1 N–H and O–H groups in total. The molecule has 0 radical (unpaired) electrons. The van der Waals surface area contributed by atoms with E-state index in [2.05, 4.69) is 20.7 Å². The summed E-state index contributed by atoms with van der Waals surface area (Å²) in [7, 11) is -3.46. The summed E-state index contributed by atoms with van der Waals surface area (Å²) in [5, 5.41) is 1.26. The Balaban J connectivity index is 2.17. The number of nitrogens with one attached hydrogen (secondary N) is 1. The number of hydrogen-bond acceptors (Lipinski definition) is 2. The van der Waals surface area contributed by atoms with E-state index in [1.54, 1.807) is 18.2 Å². The number of rotatable bonds is 4. The average molecular weight is 353 g/mol. The van der Waals surface area contributed by atoms with Crippen molar-refractivity contribution < 1.29 is 8.42 Å². The lowest BCUT2D eigenvalue weighted by atomic mass is 10.1. The number of halogens is 2. The molecule has 2 atom stereocenters. The van der Waals surface area contributed by atoms with Crippen LogP contribution in [0.3, 0.4) is 0 Å². The van der Waals surface area contributed by atoms with E-state index in [9.17, 15) is 8.42 Å². The van der Waals surface area contributed by atoms with Crippen LogP contribution in [0.1, 0.15) is 19.3 Å². The zero-order valence-electron chi connectivity index (χ0n) is 9.77. The first-order valence-electron chi connectivity index (χ1n) is 5.87. The molecule has 100 valence electrons. The number of sulfonamides is 1. The lowest BCUT2D eigenvalue weighted by Gasteiger charge is -2.19. The van der Waals surface area contributed by atoms with Gasteiger partial charge in [0.05, 0.1) is 4.90 Å². The van der Waals surface area contributed by atoms with Crippen molar-refractivity contribution in [3.8, 4) is 0 Å². The van der Waals surface area contributed by atoms with E-state index in [0.29, 0.717) is 10.9 Å². The van der Waals surface area contributed by atoms with Gasteiger partial charge in [0.25, 0.3) is 0 Å². The molecular weight excluding hydrogens is 338 g/mol. The van der Waals surface area contributed by atoms with Gasteiger partial charge in [0.2, 0.25) is 10.0 Å². The maximum Gasteiger partial charge on any atom is 0.240 e. The Hall–Kier alpha value is -0.100. The minimum Gasteiger partial charge on any atom is -0.208 e. The lowest BCUT2D eigenvalue weighted by Crippen LogP contribution is -2.37. The van der Waals surface area contributed by atoms with Gasteiger partial charge in [0.1, 0.15) is 0 Å². The zero-order valence-corrected chi connectivity index (χ0v) is 12.9. The Bertz CT molecular complexity index is 521. The fourth-order valence-electron chi connectivity index (χ4n) is 2.28. The summed E-state index contributed by atoms with van der Waals surface area (Å²) in [5.41, 5.74) is 0. The highest BCUT2D eigenvalue weighted by Gasteiger charge is 2.30. The van der Waals surface area contributed by atoms with Gasteiger partial charge in [-0.25, -0.2) is 13.1 Å². The molecule has 0 amide bonds. The second-order valence-corrected chi connectivity index (χ2v) is 7.33. The molecule has 1 aromatic rings. The molecule has 0 aliphatic heterocycles. The van der Waals surface area contributed by atoms with Crippen molar-refractivity contribution in [2.24, 2.45) is 5.92 Å². The smallest absolute Gasteiger partial charge is 0.208 e. The third-order valence-electron chi connectivity index (χ3n) is 3.27. The Labute approximate surface area is 121 Å². The SMILES string of the molecule is O=S(=O)(NC1CCCC1CBr)c1cccc(Cl)c1. The predicted molar refractivity (Wildman–Crippen MR) is 76.7 cm³/mol. The topological polar surface area (TPSA) is 46.2 Å². The highest BCUT2D eigenvalue weighted by atomic mass is 79.9. The van der Waals surface area contributed by atoms with Gasteiger partial charge in [-0.05, 0) is 37.0 Å². The maximum absolute atomic E-state index is 12.2. The molecule has 0 saturated heterocycles. The van der Waals surface area contributed by atoms with E-state index in [-0.39, 0.29) is 10.9 Å². The third kappa shape index (κ3) is 3.26. The molecule has 6 heteroatoms. The van der Waals surface area contributed by atoms with E-state index in [0.717, 1.165) is 24.6 Å². The van der Waals surface area contributed by atoms with Crippen molar-refractivity contribution in [3.63, 3.8) is 0 Å². The third-order valence-corrected chi connectivity index (χ3v) is 5.82. The highest BCUT2D eigenvalue weighted by Crippen LogP contribution is 2.28. The molecule has 1 saturated carbocycles. The second kappa shape index (κ2) is 5.90. The van der Waals surface area contributed by atoms with Crippen LogP contribution in [0.25, 0.3) is 0 Å². The monoisotopic (exact) mass is 351 g/mol. The molecule has 2 unspecified atom stereocenters. The standard InChI is InChI=1S/C12H15BrClNO2S/c13-8-9-3-1-6-12(9)15-18(16,17)11-5-2-4-10(14)7-11/h2,4-5,7,9,12,15H,1,3,6,8H2. The molecule has 0 spiro atoms. The molecule has 18 heavy (non-hydrogen) atoms. The van der Waals surface area contributed by atoms with E-state index in [4.69, 9.17) is 11.6 Å². The highest BCUT2D eigenvalue weighted by molar-refractivity contribution is 9.09. The van der Waals surface area contributed by atoms with Crippen LogP contribution in [0.5, 0.6) is 0 Å². The molecule has 1 aromatic carbocycles. The average Bonchev–Trinajstić information content (AvgIpc) is 2.75. The molecule has 0 bridgehead atoms. The fourth-order valence-corrected chi connectivity index (χ4v) is 4.69. The second-order valence-electron chi connectivity index (χ2n) is 4.53. The normalized spacial score (nSPS) is 24.3. The molecule has 1 aliphatic carbocycles. The Morgan fingerprint density at radius 2 is 2.17 bits per heavy atom. The number of hydrogen-bond donors (Lipinski definition) is 1. The van der Waals surface area contributed by atoms with E-state index in [1.807, 2.05) is 0 Å². The number of alkyl halides is 1. The minimum atomic E-state index is -3.46. The van der Waals surface area contributed by atoms with Crippen LogP contribution >= 0.6 is 27.5 Å². The van der Waals surface area contributed by atoms with Crippen molar-refractivity contribution in [1.82, 2.24) is 4.72 Å². The summed E-state index contributed by atoms with van der Waals surface area (Å²) >= 11 is 9.26. The van der Waals surface area contributed by atoms with Gasteiger partial charge >= 0.3 is 0 Å². The van der Waals surface area contributed by atoms with Gasteiger partial charge < -0.3 is 0 Å². The molecule has 1 fully saturated rings. The van der Waals surface area contributed by atoms with Gasteiger partial charge in [0, 0.05) is 16.4 Å². The van der Waals surface area contributed by atoms with Gasteiger partial charge in [-0.2, -0.15) is 0 Å². The van der Waals surface area contributed by atoms with Gasteiger partial charge in [0.15, 0.2) is 0 Å². The first-order valence-corrected chi connectivity index (χ1v) is 8.85. The van der Waals surface area contributed by atoms with Crippen LogP contribution in [-0.2, 0) is 10.0 Å². The maximum atomic E-state index is 12.2. The summed E-state index contributed by atoms with van der Waals surface area (Å²) in [5.74, 6) is 0.374. The van der Waals surface area contributed by atoms with Crippen LogP contribution in [0, 0.1) is 5.92 Å². The lowest BCUT2D eigenvalue weighted by molar-refractivity contribution is 0.484. The fraction of sp³-hybridized carbons (Fsp3) is 0.500. The summed E-state index contributed by atoms with van der Waals surface area (Å²) in [4.78, 5) is 0.232. The zero-order chi connectivity index (χ0) is 13.2. The molecule has 2 rings (SSSR count). The summed E-state index contributed by atoms with van der Waals surface area (Å²) in [6.45, 7) is 0.